The zero-order valence-corrected chi connectivity index (χ0v) is 85.5. The van der Waals surface area contributed by atoms with E-state index in [0.29, 0.717) is 17.5 Å². The van der Waals surface area contributed by atoms with Gasteiger partial charge >= 0.3 is 5.97 Å². The molecular weight excluding hydrogens is 1850 g/mol. The first-order chi connectivity index (χ1) is 66.3. The summed E-state index contributed by atoms with van der Waals surface area (Å²) in [6, 6.07) is -13.2. The Balaban J connectivity index is 2.35. The van der Waals surface area contributed by atoms with E-state index in [1.165, 1.54) is 52.0 Å². The van der Waals surface area contributed by atoms with Crippen LogP contribution in [0, 0.1) is 53.3 Å². The molecule has 0 unspecified atom stereocenters. The molecule has 21 atom stereocenters. The summed E-state index contributed by atoms with van der Waals surface area (Å²) >= 11 is 0. The van der Waals surface area contributed by atoms with Gasteiger partial charge in [-0.2, -0.15) is 0 Å². The summed E-state index contributed by atoms with van der Waals surface area (Å²) in [6.45, 7) is 30.3. The van der Waals surface area contributed by atoms with Crippen LogP contribution >= 0.6 is 0 Å². The summed E-state index contributed by atoms with van der Waals surface area (Å²) in [5.41, 5.74) is 11.9. The Labute approximate surface area is 830 Å². The van der Waals surface area contributed by atoms with Crippen molar-refractivity contribution in [3.05, 3.63) is 65.7 Å². The number of aliphatic hydroxyl groups is 4. The molecule has 0 bridgehead atoms. The third-order valence-corrected chi connectivity index (χ3v) is 23.0. The van der Waals surface area contributed by atoms with E-state index < -0.39 is 284 Å². The summed E-state index contributed by atoms with van der Waals surface area (Å²) in [5, 5.41) is 107. The zero-order chi connectivity index (χ0) is 108. The van der Waals surface area contributed by atoms with E-state index in [4.69, 9.17) is 11.5 Å². The number of phenolic OH excluding ortho intramolecular Hbond substituents is 1. The van der Waals surface area contributed by atoms with E-state index in [-0.39, 0.29) is 99.0 Å². The molecule has 142 heavy (non-hydrogen) atoms. The van der Waals surface area contributed by atoms with Crippen LogP contribution in [0.2, 0.25) is 0 Å². The first kappa shape index (κ1) is 126. The third kappa shape index (κ3) is 45.1. The lowest BCUT2D eigenvalue weighted by atomic mass is 9.95. The maximum absolute atomic E-state index is 14.9. The number of phenols is 1. The minimum atomic E-state index is -1.98. The number of primary amides is 1. The fourth-order valence-electron chi connectivity index (χ4n) is 14.6. The van der Waals surface area contributed by atoms with Gasteiger partial charge in [-0.05, 0) is 136 Å². The van der Waals surface area contributed by atoms with Gasteiger partial charge in [0, 0.05) is 12.8 Å². The molecule has 2 rings (SSSR count). The first-order valence-corrected chi connectivity index (χ1v) is 48.3. The van der Waals surface area contributed by atoms with Crippen LogP contribution in [0.1, 0.15) is 214 Å². The lowest BCUT2D eigenvalue weighted by Crippen LogP contribution is -2.63. The molecule has 0 radical (unpaired) electrons. The number of hydrogen-bond donors (Lipinski definition) is 26. The number of benzene rings is 2. The monoisotopic (exact) mass is 2010 g/mol. The van der Waals surface area contributed by atoms with E-state index in [1.54, 1.807) is 141 Å². The second-order valence-electron chi connectivity index (χ2n) is 39.1. The first-order valence-electron chi connectivity index (χ1n) is 48.3. The third-order valence-electron chi connectivity index (χ3n) is 23.0. The lowest BCUT2D eigenvalue weighted by molar-refractivity contribution is -0.143. The van der Waals surface area contributed by atoms with E-state index in [9.17, 15) is 127 Å². The highest BCUT2D eigenvalue weighted by Crippen LogP contribution is 2.20. The Morgan fingerprint density at radius 3 is 0.944 bits per heavy atom. The van der Waals surface area contributed by atoms with Crippen molar-refractivity contribution in [2.24, 2.45) is 64.7 Å². The van der Waals surface area contributed by atoms with E-state index in [2.05, 4.69) is 95.7 Å². The van der Waals surface area contributed by atoms with E-state index >= 15 is 0 Å². The predicted molar refractivity (Wildman–Crippen MR) is 522 cm³/mol. The van der Waals surface area contributed by atoms with Crippen molar-refractivity contribution in [1.82, 2.24) is 95.7 Å². The van der Waals surface area contributed by atoms with Gasteiger partial charge in [-0.25, -0.2) is 4.79 Å². The number of amides is 19. The van der Waals surface area contributed by atoms with Crippen LogP contribution in [-0.2, 0) is 109 Å². The Hall–Kier alpha value is -12.6. The van der Waals surface area contributed by atoms with Crippen molar-refractivity contribution in [2.45, 2.75) is 331 Å². The molecule has 19 amide bonds. The van der Waals surface area contributed by atoms with Gasteiger partial charge in [0.1, 0.15) is 108 Å². The minimum Gasteiger partial charge on any atom is -0.508 e. The average molecular weight is 2010 g/mol. The molecule has 46 heteroatoms. The number of aliphatic carboxylic acids is 1. The number of rotatable bonds is 64. The Kier molecular flexibility index (Phi) is 55.4. The van der Waals surface area contributed by atoms with Gasteiger partial charge in [0.2, 0.25) is 112 Å². The number of aromatic hydroxyl groups is 1. The molecule has 0 aliphatic carbocycles. The number of hydrogen-bond acceptors (Lipinski definition) is 26. The van der Waals surface area contributed by atoms with E-state index in [1.807, 2.05) is 0 Å². The normalized spacial score (nSPS) is 15.9. The van der Waals surface area contributed by atoms with Gasteiger partial charge in [0.25, 0.3) is 0 Å². The van der Waals surface area contributed by atoms with Crippen LogP contribution in [0.5, 0.6) is 5.75 Å². The largest absolute Gasteiger partial charge is 0.508 e. The molecule has 0 aliphatic rings. The summed E-state index contributed by atoms with van der Waals surface area (Å²) < 4.78 is 0. The second kappa shape index (κ2) is 62.7. The molecule has 0 aliphatic heterocycles. The summed E-state index contributed by atoms with van der Waals surface area (Å²) in [5.74, 6) is -23.1. The number of carbonyl (C=O) groups is 20. The fraction of sp³-hybridized carbons (Fsp3) is 0.667. The van der Waals surface area contributed by atoms with Crippen molar-refractivity contribution >= 4 is 118 Å². The van der Waals surface area contributed by atoms with Gasteiger partial charge in [-0.3, -0.25) is 91.1 Å². The molecule has 0 fully saturated rings. The molecule has 0 spiro atoms. The Morgan fingerprint density at radius 1 is 0.303 bits per heavy atom. The minimum absolute atomic E-state index is 0.0188. The summed E-state index contributed by atoms with van der Waals surface area (Å²) in [6.07, 6.45) is -2.05. The molecule has 46 nitrogen and oxygen atoms in total. The Morgan fingerprint density at radius 2 is 0.577 bits per heavy atom. The van der Waals surface area contributed by atoms with Crippen LogP contribution in [0.3, 0.4) is 0 Å². The number of carboxylic acids is 1. The quantitative estimate of drug-likeness (QED) is 0.0302. The SMILES string of the molecule is CC[C@H](C)[C@H](NC(=O)[C@H](CO)NC(=O)[C@H](Cc1ccc(O)cc1)NC(=O)[C@@H](NC(=O)[C@H](C)NC(=O)[C@H](CC(C)C)NC(=O)[C@H](CO)NC(=O)[C@H](CO)NC(=O)[C@@H](NC(=O)[C@H](C)NC(=O)[C@H](CC(C)C)NC(=O)[C@@H](NC(=O)[C@H](Cc1ccccc1)NC(=O)[C@H](CC(C)C)NC(=O)[C@H](CC(C)C)NC(=O)CNC(=O)[C@H](CC(C)C)NC(=O)[C@@H](N)CC(N)=O)[C@@H](C)CC)[C@@H](C)O)C(C)C)C(=O)N[C@@H](CC(C)C)C(=O)O. The van der Waals surface area contributed by atoms with Crippen LogP contribution < -0.4 is 107 Å². The molecule has 2 aromatic rings. The molecule has 28 N–H and O–H groups in total. The van der Waals surface area contributed by atoms with Crippen LogP contribution in [0.4, 0.5) is 0 Å². The molecule has 798 valence electrons. The predicted octanol–water partition coefficient (Wildman–Crippen LogP) is -3.76. The van der Waals surface area contributed by atoms with Crippen molar-refractivity contribution in [1.29, 1.82) is 0 Å². The van der Waals surface area contributed by atoms with E-state index in [0.717, 1.165) is 6.92 Å². The average Bonchev–Trinajstić information content (AvgIpc) is 0.845. The van der Waals surface area contributed by atoms with Gasteiger partial charge < -0.3 is 138 Å². The maximum Gasteiger partial charge on any atom is 0.326 e. The topological polar surface area (TPSA) is 731 Å². The molecule has 0 heterocycles. The number of nitrogens with two attached hydrogens (primary N) is 2. The molecule has 0 saturated carbocycles. The zero-order valence-electron chi connectivity index (χ0n) is 85.5. The standard InChI is InChI=1S/C96H158N20O26/c1-22-53(17)76(114-88(133)68(39-58-27-25-24-26-28-58)106-86(131)66(37-50(11)12)104-85(130)63(34-47(5)6)102-74(123)42-99-82(127)62(33-46(3)4)103-81(126)61(97)41-73(98)122)93(138)107-65(36-49(9)10)84(129)101-56(20)80(125)116-78(57(21)120)95(140)112-71(44-118)90(135)111-70(43-117)89(134)105-64(35-48(7)8)83(128)100-55(19)79(124)113-75(52(15)16)92(137)108-67(40-59-29-31-60(121)32-30-59)87(132)110-72(45-119)91(136)115-77(54(18)23-2)94(139)109-69(96(141)142)38-51(13)14/h24-32,46-57,61-72,75-78,117-121H,22-23,33-45,97H2,1-21H3,(H2,98,122)(H,99,127)(H,100,128)(H,101,129)(H,102,123)(H,103,126)(H,104,130)(H,105,134)(H,106,131)(H,107,138)(H,108,137)(H,109,139)(H,110,132)(H,111,135)(H,112,140)(H,113,124)(H,114,133)(H,115,136)(H,116,125)(H,141,142)/t53-,54-,55-,56-,57+,61-,62-,63-,64-,65-,66-,67-,68-,69-,70-,71-,72-,75-,76-,77-,78-/m0/s1. The molecular formula is C96H158N20O26. The molecule has 0 aromatic heterocycles. The van der Waals surface area contributed by atoms with Gasteiger partial charge in [0.05, 0.1) is 44.9 Å². The van der Waals surface area contributed by atoms with Crippen LogP contribution in [0.15, 0.2) is 54.6 Å². The fourth-order valence-corrected chi connectivity index (χ4v) is 14.6. The number of carboxylic acid groups (broad SMARTS) is 1. The lowest BCUT2D eigenvalue weighted by Gasteiger charge is -2.30. The number of carbonyl (C=O) groups excluding carboxylic acids is 19. The van der Waals surface area contributed by atoms with Crippen molar-refractivity contribution < 1.29 is 127 Å². The number of nitrogens with one attached hydrogen (secondary N) is 18. The molecule has 0 saturated heterocycles. The maximum atomic E-state index is 14.9. The van der Waals surface area contributed by atoms with Gasteiger partial charge in [-0.1, -0.05) is 180 Å². The molecule has 2 aromatic carbocycles. The van der Waals surface area contributed by atoms with Crippen LogP contribution in [0.25, 0.3) is 0 Å². The van der Waals surface area contributed by atoms with Crippen molar-refractivity contribution in [3.8, 4) is 5.75 Å². The smallest absolute Gasteiger partial charge is 0.326 e. The summed E-state index contributed by atoms with van der Waals surface area (Å²) in [4.78, 5) is 276. The van der Waals surface area contributed by atoms with Gasteiger partial charge in [0.15, 0.2) is 0 Å². The Bertz CT molecular complexity index is 4520. The van der Waals surface area contributed by atoms with Crippen molar-refractivity contribution in [3.63, 3.8) is 0 Å². The highest BCUT2D eigenvalue weighted by Gasteiger charge is 2.42. The number of aliphatic hydroxyl groups excluding tert-OH is 4. The van der Waals surface area contributed by atoms with Crippen molar-refractivity contribution in [2.75, 3.05) is 26.4 Å². The highest BCUT2D eigenvalue weighted by molar-refractivity contribution is 6.02. The highest BCUT2D eigenvalue weighted by atomic mass is 16.4. The van der Waals surface area contributed by atoms with Crippen LogP contribution in [-0.4, -0.2) is 290 Å². The van der Waals surface area contributed by atoms with Gasteiger partial charge in [-0.15, -0.1) is 0 Å². The summed E-state index contributed by atoms with van der Waals surface area (Å²) in [7, 11) is 0. The second-order valence-corrected chi connectivity index (χ2v) is 39.1.